The van der Waals surface area contributed by atoms with Crippen LogP contribution in [0.2, 0.25) is 0 Å². The van der Waals surface area contributed by atoms with E-state index in [1.165, 1.54) is 18.2 Å². The fraction of sp³-hybridized carbons (Fsp3) is 0.222. The number of hydrogen-bond acceptors (Lipinski definition) is 4. The van der Waals surface area contributed by atoms with Gasteiger partial charge in [-0.2, -0.15) is 0 Å². The number of imide groups is 1. The highest BCUT2D eigenvalue weighted by Crippen LogP contribution is 2.29. The first-order valence-corrected chi connectivity index (χ1v) is 9.33. The normalized spacial score (nSPS) is 14.9. The van der Waals surface area contributed by atoms with E-state index in [2.05, 4.69) is 4.72 Å². The molecule has 0 bridgehead atoms. The molecule has 0 unspecified atom stereocenters. The molecule has 0 aromatic heterocycles. The molecule has 2 aromatic carbocycles. The fourth-order valence-corrected chi connectivity index (χ4v) is 4.00. The second-order valence-corrected chi connectivity index (χ2v) is 7.67. The van der Waals surface area contributed by atoms with Crippen LogP contribution in [0.5, 0.6) is 0 Å². The van der Waals surface area contributed by atoms with Crippen molar-refractivity contribution in [2.45, 2.75) is 31.6 Å². The number of para-hydroxylation sites is 1. The number of nitrogens with one attached hydrogen (secondary N) is 1. The van der Waals surface area contributed by atoms with E-state index in [-0.39, 0.29) is 29.6 Å². The highest BCUT2D eigenvalue weighted by molar-refractivity contribution is 7.92. The van der Waals surface area contributed by atoms with Crippen LogP contribution in [-0.2, 0) is 19.6 Å². The van der Waals surface area contributed by atoms with Crippen LogP contribution < -0.4 is 9.62 Å². The molecule has 0 spiro atoms. The van der Waals surface area contributed by atoms with Crippen LogP contribution in [0.4, 0.5) is 11.4 Å². The van der Waals surface area contributed by atoms with Gasteiger partial charge in [0.2, 0.25) is 11.8 Å². The fourth-order valence-electron chi connectivity index (χ4n) is 2.78. The maximum atomic E-state index is 12.6. The zero-order valence-electron chi connectivity index (χ0n) is 13.9. The lowest BCUT2D eigenvalue weighted by Gasteiger charge is -2.18. The van der Waals surface area contributed by atoms with E-state index in [1.54, 1.807) is 19.1 Å². The summed E-state index contributed by atoms with van der Waals surface area (Å²) < 4.78 is 27.8. The Morgan fingerprint density at radius 3 is 2.16 bits per heavy atom. The summed E-state index contributed by atoms with van der Waals surface area (Å²) in [7, 11) is -3.76. The summed E-state index contributed by atoms with van der Waals surface area (Å²) in [5.41, 5.74) is 2.31. The molecule has 2 aromatic rings. The van der Waals surface area contributed by atoms with Crippen LogP contribution in [0.1, 0.15) is 24.0 Å². The van der Waals surface area contributed by atoms with Gasteiger partial charge in [0.15, 0.2) is 0 Å². The molecule has 7 heteroatoms. The van der Waals surface area contributed by atoms with Crippen LogP contribution in [0, 0.1) is 13.8 Å². The van der Waals surface area contributed by atoms with Gasteiger partial charge in [-0.05, 0) is 49.2 Å². The number of benzene rings is 2. The molecule has 25 heavy (non-hydrogen) atoms. The van der Waals surface area contributed by atoms with E-state index in [1.807, 2.05) is 19.1 Å². The molecule has 1 saturated heterocycles. The predicted octanol–water partition coefficient (Wildman–Crippen LogP) is 2.76. The van der Waals surface area contributed by atoms with Crippen molar-refractivity contribution in [3.8, 4) is 0 Å². The Morgan fingerprint density at radius 2 is 1.56 bits per heavy atom. The third-order valence-electron chi connectivity index (χ3n) is 4.16. The summed E-state index contributed by atoms with van der Waals surface area (Å²) in [6.07, 6.45) is 0.375. The molecule has 2 amide bonds. The van der Waals surface area contributed by atoms with Crippen molar-refractivity contribution in [3.05, 3.63) is 53.6 Å². The number of sulfonamides is 1. The molecule has 1 heterocycles. The van der Waals surface area contributed by atoms with Crippen molar-refractivity contribution in [1.82, 2.24) is 0 Å². The minimum atomic E-state index is -3.76. The largest absolute Gasteiger partial charge is 0.279 e. The summed E-state index contributed by atoms with van der Waals surface area (Å²) >= 11 is 0. The average Bonchev–Trinajstić information content (AvgIpc) is 2.88. The van der Waals surface area contributed by atoms with Crippen LogP contribution in [-0.4, -0.2) is 20.2 Å². The smallest absolute Gasteiger partial charge is 0.261 e. The predicted molar refractivity (Wildman–Crippen MR) is 94.9 cm³/mol. The minimum Gasteiger partial charge on any atom is -0.279 e. The molecule has 1 N–H and O–H groups in total. The molecule has 0 saturated carbocycles. The molecule has 1 aliphatic rings. The first kappa shape index (κ1) is 17.2. The summed E-state index contributed by atoms with van der Waals surface area (Å²) in [6.45, 7) is 3.50. The van der Waals surface area contributed by atoms with E-state index in [0.29, 0.717) is 16.9 Å². The van der Waals surface area contributed by atoms with E-state index < -0.39 is 10.0 Å². The standard InChI is InChI=1S/C18H18N2O4S/c1-12-5-3-4-6-15(12)19-25(23,24)14-7-8-16(13(2)11-14)20-17(21)9-10-18(20)22/h3-8,11,19H,9-10H2,1-2H3. The second-order valence-electron chi connectivity index (χ2n) is 5.99. The lowest BCUT2D eigenvalue weighted by Crippen LogP contribution is -2.29. The topological polar surface area (TPSA) is 83.6 Å². The van der Waals surface area contributed by atoms with Crippen molar-refractivity contribution in [1.29, 1.82) is 0 Å². The number of nitrogens with zero attached hydrogens (tertiary/aromatic N) is 1. The Morgan fingerprint density at radius 1 is 0.920 bits per heavy atom. The SMILES string of the molecule is Cc1ccccc1NS(=O)(=O)c1ccc(N2C(=O)CCC2=O)c(C)c1. The zero-order chi connectivity index (χ0) is 18.2. The Hall–Kier alpha value is -2.67. The highest BCUT2D eigenvalue weighted by atomic mass is 32.2. The van der Waals surface area contributed by atoms with Gasteiger partial charge in [-0.3, -0.25) is 19.2 Å². The van der Waals surface area contributed by atoms with E-state index in [4.69, 9.17) is 0 Å². The van der Waals surface area contributed by atoms with Gasteiger partial charge in [-0.1, -0.05) is 18.2 Å². The van der Waals surface area contributed by atoms with Crippen molar-refractivity contribution in [2.24, 2.45) is 0 Å². The van der Waals surface area contributed by atoms with Crippen molar-refractivity contribution >= 4 is 33.2 Å². The maximum absolute atomic E-state index is 12.6. The number of carbonyl (C=O) groups excluding carboxylic acids is 2. The average molecular weight is 358 g/mol. The molecule has 3 rings (SSSR count). The summed E-state index contributed by atoms with van der Waals surface area (Å²) in [5, 5.41) is 0. The number of hydrogen-bond donors (Lipinski definition) is 1. The van der Waals surface area contributed by atoms with Crippen molar-refractivity contribution in [2.75, 3.05) is 9.62 Å². The van der Waals surface area contributed by atoms with Crippen molar-refractivity contribution in [3.63, 3.8) is 0 Å². The summed E-state index contributed by atoms with van der Waals surface area (Å²) in [4.78, 5) is 24.9. The van der Waals surface area contributed by atoms with Crippen LogP contribution >= 0.6 is 0 Å². The monoisotopic (exact) mass is 358 g/mol. The number of amides is 2. The lowest BCUT2D eigenvalue weighted by atomic mass is 10.2. The Kier molecular flexibility index (Phi) is 4.34. The lowest BCUT2D eigenvalue weighted by molar-refractivity contribution is -0.121. The van der Waals surface area contributed by atoms with Crippen molar-refractivity contribution < 1.29 is 18.0 Å². The van der Waals surface area contributed by atoms with Crippen LogP contribution in [0.3, 0.4) is 0 Å². The molecule has 0 aliphatic carbocycles. The molecule has 0 atom stereocenters. The molecule has 130 valence electrons. The number of rotatable bonds is 4. The maximum Gasteiger partial charge on any atom is 0.261 e. The summed E-state index contributed by atoms with van der Waals surface area (Å²) in [5.74, 6) is -0.525. The first-order valence-electron chi connectivity index (χ1n) is 7.84. The number of carbonyl (C=O) groups is 2. The Bertz CT molecular complexity index is 951. The summed E-state index contributed by atoms with van der Waals surface area (Å²) in [6, 6.07) is 11.5. The van der Waals surface area contributed by atoms with Crippen LogP contribution in [0.15, 0.2) is 47.4 Å². The zero-order valence-corrected chi connectivity index (χ0v) is 14.8. The van der Waals surface area contributed by atoms with Gasteiger partial charge in [-0.15, -0.1) is 0 Å². The van der Waals surface area contributed by atoms with Crippen LogP contribution in [0.25, 0.3) is 0 Å². The van der Waals surface area contributed by atoms with Gasteiger partial charge < -0.3 is 0 Å². The van der Waals surface area contributed by atoms with Gasteiger partial charge in [0.25, 0.3) is 10.0 Å². The molecular formula is C18H18N2O4S. The van der Waals surface area contributed by atoms with E-state index >= 15 is 0 Å². The number of anilines is 2. The van der Waals surface area contributed by atoms with Gasteiger partial charge in [0.1, 0.15) is 0 Å². The van der Waals surface area contributed by atoms with Gasteiger partial charge >= 0.3 is 0 Å². The van der Waals surface area contributed by atoms with Gasteiger partial charge in [-0.25, -0.2) is 8.42 Å². The second kappa shape index (κ2) is 6.33. The minimum absolute atomic E-state index is 0.0797. The first-order chi connectivity index (χ1) is 11.8. The third-order valence-corrected chi connectivity index (χ3v) is 5.52. The molecule has 1 fully saturated rings. The number of aryl methyl sites for hydroxylation is 2. The Labute approximate surface area is 146 Å². The quantitative estimate of drug-likeness (QED) is 0.852. The van der Waals surface area contributed by atoms with E-state index in [9.17, 15) is 18.0 Å². The van der Waals surface area contributed by atoms with Gasteiger partial charge in [0, 0.05) is 12.8 Å². The molecule has 6 nitrogen and oxygen atoms in total. The van der Waals surface area contributed by atoms with E-state index in [0.717, 1.165) is 10.5 Å². The Balaban J connectivity index is 1.93. The molecular weight excluding hydrogens is 340 g/mol. The molecule has 1 aliphatic heterocycles. The third kappa shape index (κ3) is 3.28. The highest BCUT2D eigenvalue weighted by Gasteiger charge is 2.31. The molecule has 0 radical (unpaired) electrons. The van der Waals surface area contributed by atoms with Gasteiger partial charge in [0.05, 0.1) is 16.3 Å².